The Kier molecular flexibility index (Phi) is 29.9. The van der Waals surface area contributed by atoms with Gasteiger partial charge in [0.15, 0.2) is 6.10 Å². The van der Waals surface area contributed by atoms with Gasteiger partial charge in [-0.3, -0.25) is 23.4 Å². The minimum Gasteiger partial charge on any atom is -0.480 e. The normalized spacial score (nSPS) is 14.3. The number of carbonyl (C=O) groups is 3. The van der Waals surface area contributed by atoms with Crippen LogP contribution in [0.25, 0.3) is 0 Å². The van der Waals surface area contributed by atoms with E-state index >= 15 is 0 Å². The fourth-order valence-corrected chi connectivity index (χ4v) is 5.34. The third kappa shape index (κ3) is 31.0. The number of carboxylic acids is 1. The topological polar surface area (TPSA) is 172 Å². The summed E-state index contributed by atoms with van der Waals surface area (Å²) in [5.41, 5.74) is 5.30. The molecule has 0 aliphatic rings. The molecule has 0 saturated heterocycles. The number of hydrogen-bond acceptors (Lipinski definition) is 9. The lowest BCUT2D eigenvalue weighted by Crippen LogP contribution is -2.34. The molecule has 0 rings (SSSR count). The molecular weight excluding hydrogens is 625 g/mol. The Morgan fingerprint density at radius 2 is 1.13 bits per heavy atom. The molecule has 47 heavy (non-hydrogen) atoms. The lowest BCUT2D eigenvalue weighted by molar-refractivity contribution is -0.161. The standard InChI is InChI=1S/C35H64NO10P/c1-3-5-7-9-11-12-13-14-15-16-17-18-19-21-23-25-27-34(38)46-31(29-44-47(41,42)45-30-32(36)35(39)40)28-43-33(37)26-24-22-20-10-8-6-4-2/h12-13,15-16,31-32H,3-11,14,17-30,36H2,1-2H3,(H,39,40)(H,41,42)/b13-12-,16-15-. The van der Waals surface area contributed by atoms with Gasteiger partial charge in [0, 0.05) is 12.8 Å². The molecule has 0 heterocycles. The second-order valence-corrected chi connectivity index (χ2v) is 13.5. The molecule has 0 aliphatic carbocycles. The van der Waals surface area contributed by atoms with Gasteiger partial charge >= 0.3 is 25.7 Å². The predicted octanol–water partition coefficient (Wildman–Crippen LogP) is 8.33. The van der Waals surface area contributed by atoms with Crippen LogP contribution >= 0.6 is 7.82 Å². The fraction of sp³-hybridized carbons (Fsp3) is 0.800. The lowest BCUT2D eigenvalue weighted by atomic mass is 10.1. The highest BCUT2D eigenvalue weighted by Crippen LogP contribution is 2.43. The molecule has 0 amide bonds. The summed E-state index contributed by atoms with van der Waals surface area (Å²) in [5.74, 6) is -2.41. The first-order valence-electron chi connectivity index (χ1n) is 17.9. The molecule has 0 aromatic rings. The average molecular weight is 690 g/mol. The highest BCUT2D eigenvalue weighted by molar-refractivity contribution is 7.47. The predicted molar refractivity (Wildman–Crippen MR) is 185 cm³/mol. The number of rotatable bonds is 33. The minimum atomic E-state index is -4.70. The molecule has 12 heteroatoms. The molecular formula is C35H64NO10P. The van der Waals surface area contributed by atoms with Crippen molar-refractivity contribution in [2.75, 3.05) is 19.8 Å². The summed E-state index contributed by atoms with van der Waals surface area (Å²) < 4.78 is 32.4. The van der Waals surface area contributed by atoms with Crippen LogP contribution in [0.1, 0.15) is 149 Å². The molecule has 0 aromatic heterocycles. The number of aliphatic carboxylic acids is 1. The van der Waals surface area contributed by atoms with Crippen molar-refractivity contribution in [2.45, 2.75) is 161 Å². The molecule has 274 valence electrons. The molecule has 0 fully saturated rings. The first-order valence-corrected chi connectivity index (χ1v) is 19.4. The summed E-state index contributed by atoms with van der Waals surface area (Å²) in [4.78, 5) is 45.5. The fourth-order valence-electron chi connectivity index (χ4n) is 4.56. The van der Waals surface area contributed by atoms with E-state index in [1.807, 2.05) is 0 Å². The molecule has 0 radical (unpaired) electrons. The van der Waals surface area contributed by atoms with Gasteiger partial charge in [-0.2, -0.15) is 0 Å². The number of carbonyl (C=O) groups excluding carboxylic acids is 2. The number of unbranched alkanes of at least 4 members (excludes halogenated alkanes) is 15. The maximum atomic E-state index is 12.5. The van der Waals surface area contributed by atoms with Crippen molar-refractivity contribution >= 4 is 25.7 Å². The first-order chi connectivity index (χ1) is 22.6. The molecule has 0 saturated carbocycles. The quantitative estimate of drug-likeness (QED) is 0.0262. The van der Waals surface area contributed by atoms with Crippen LogP contribution in [0.3, 0.4) is 0 Å². The Labute approximate surface area is 283 Å². The largest absolute Gasteiger partial charge is 0.480 e. The maximum absolute atomic E-state index is 12.5. The molecule has 0 spiro atoms. The summed E-state index contributed by atoms with van der Waals surface area (Å²) >= 11 is 0. The number of carboxylic acid groups (broad SMARTS) is 1. The van der Waals surface area contributed by atoms with E-state index in [4.69, 9.17) is 24.8 Å². The van der Waals surface area contributed by atoms with Crippen molar-refractivity contribution in [3.63, 3.8) is 0 Å². The van der Waals surface area contributed by atoms with Crippen LogP contribution in [-0.2, 0) is 37.5 Å². The van der Waals surface area contributed by atoms with Gasteiger partial charge in [0.1, 0.15) is 12.6 Å². The lowest BCUT2D eigenvalue weighted by Gasteiger charge is -2.20. The summed E-state index contributed by atoms with van der Waals surface area (Å²) in [5, 5.41) is 8.83. The Morgan fingerprint density at radius 1 is 0.660 bits per heavy atom. The van der Waals surface area contributed by atoms with E-state index in [2.05, 4.69) is 42.7 Å². The first kappa shape index (κ1) is 45.0. The molecule has 0 bridgehead atoms. The zero-order valence-corrected chi connectivity index (χ0v) is 30.0. The van der Waals surface area contributed by atoms with Crippen molar-refractivity contribution in [3.8, 4) is 0 Å². The average Bonchev–Trinajstić information content (AvgIpc) is 3.04. The number of ether oxygens (including phenoxy) is 2. The highest BCUT2D eigenvalue weighted by Gasteiger charge is 2.28. The zero-order chi connectivity index (χ0) is 35.0. The number of phosphoric ester groups is 1. The number of esters is 2. The monoisotopic (exact) mass is 689 g/mol. The van der Waals surface area contributed by atoms with Crippen LogP contribution in [0, 0.1) is 0 Å². The number of hydrogen-bond donors (Lipinski definition) is 3. The summed E-state index contributed by atoms with van der Waals surface area (Å²) in [7, 11) is -4.70. The van der Waals surface area contributed by atoms with Gasteiger partial charge in [-0.25, -0.2) is 4.57 Å². The second-order valence-electron chi connectivity index (χ2n) is 12.0. The SMILES string of the molecule is CCCCCC/C=C\C/C=C\CCCCCCCC(=O)OC(COC(=O)CCCCCCCCC)COP(=O)(O)OCC(N)C(=O)O. The van der Waals surface area contributed by atoms with Gasteiger partial charge < -0.3 is 25.2 Å². The maximum Gasteiger partial charge on any atom is 0.472 e. The number of allylic oxidation sites excluding steroid dienone is 4. The van der Waals surface area contributed by atoms with Crippen LogP contribution < -0.4 is 5.73 Å². The van der Waals surface area contributed by atoms with Gasteiger partial charge in [0.25, 0.3) is 0 Å². The Morgan fingerprint density at radius 3 is 1.68 bits per heavy atom. The highest BCUT2D eigenvalue weighted by atomic mass is 31.2. The van der Waals surface area contributed by atoms with Crippen molar-refractivity contribution in [2.24, 2.45) is 5.73 Å². The minimum absolute atomic E-state index is 0.147. The van der Waals surface area contributed by atoms with E-state index in [1.54, 1.807) is 0 Å². The third-order valence-corrected chi connectivity index (χ3v) is 8.40. The zero-order valence-electron chi connectivity index (χ0n) is 29.1. The van der Waals surface area contributed by atoms with Gasteiger partial charge in [0.2, 0.25) is 0 Å². The molecule has 0 aromatic carbocycles. The molecule has 11 nitrogen and oxygen atoms in total. The second kappa shape index (κ2) is 31.2. The Hall–Kier alpha value is -2.04. The van der Waals surface area contributed by atoms with Gasteiger partial charge in [0.05, 0.1) is 13.2 Å². The smallest absolute Gasteiger partial charge is 0.472 e. The van der Waals surface area contributed by atoms with Gasteiger partial charge in [-0.05, 0) is 44.9 Å². The molecule has 3 atom stereocenters. The van der Waals surface area contributed by atoms with Crippen LogP contribution in [0.4, 0.5) is 0 Å². The summed E-state index contributed by atoms with van der Waals surface area (Å²) in [6.45, 7) is 2.69. The van der Waals surface area contributed by atoms with Gasteiger partial charge in [-0.1, -0.05) is 115 Å². The molecule has 3 unspecified atom stereocenters. The van der Waals surface area contributed by atoms with E-state index in [0.717, 1.165) is 64.2 Å². The van der Waals surface area contributed by atoms with Crippen molar-refractivity contribution < 1.29 is 47.5 Å². The Balaban J connectivity index is 4.44. The van der Waals surface area contributed by atoms with Crippen molar-refractivity contribution in [3.05, 3.63) is 24.3 Å². The molecule has 0 aliphatic heterocycles. The van der Waals surface area contributed by atoms with E-state index in [9.17, 15) is 23.8 Å². The number of phosphoric acid groups is 1. The third-order valence-electron chi connectivity index (χ3n) is 7.45. The summed E-state index contributed by atoms with van der Waals surface area (Å²) in [6.07, 6.45) is 28.4. The van der Waals surface area contributed by atoms with E-state index < -0.39 is 51.1 Å². The van der Waals surface area contributed by atoms with Crippen LogP contribution in [-0.4, -0.2) is 59.9 Å². The molecule has 4 N–H and O–H groups in total. The summed E-state index contributed by atoms with van der Waals surface area (Å²) in [6, 6.07) is -1.52. The van der Waals surface area contributed by atoms with Crippen molar-refractivity contribution in [1.82, 2.24) is 0 Å². The van der Waals surface area contributed by atoms with E-state index in [0.29, 0.717) is 12.8 Å². The van der Waals surface area contributed by atoms with Crippen LogP contribution in [0.5, 0.6) is 0 Å². The van der Waals surface area contributed by atoms with Crippen LogP contribution in [0.2, 0.25) is 0 Å². The number of nitrogens with two attached hydrogens (primary N) is 1. The van der Waals surface area contributed by atoms with E-state index in [1.165, 1.54) is 44.9 Å². The van der Waals surface area contributed by atoms with Crippen molar-refractivity contribution in [1.29, 1.82) is 0 Å². The van der Waals surface area contributed by atoms with E-state index in [-0.39, 0.29) is 19.4 Å². The van der Waals surface area contributed by atoms with Gasteiger partial charge in [-0.15, -0.1) is 0 Å². The van der Waals surface area contributed by atoms with Crippen LogP contribution in [0.15, 0.2) is 24.3 Å². The Bertz CT molecular complexity index is 911.